The molecule has 3 nitrogen and oxygen atoms in total. The van der Waals surface area contributed by atoms with Gasteiger partial charge in [-0.15, -0.1) is 0 Å². The van der Waals surface area contributed by atoms with Crippen molar-refractivity contribution in [2.24, 2.45) is 0 Å². The third-order valence-electron chi connectivity index (χ3n) is 1.80. The lowest BCUT2D eigenvalue weighted by atomic mass is 10.1. The third kappa shape index (κ3) is 4.61. The average Bonchev–Trinajstić information content (AvgIpc) is 2.16. The molecule has 0 aliphatic heterocycles. The molecule has 0 saturated heterocycles. The van der Waals surface area contributed by atoms with Crippen LogP contribution in [0.25, 0.3) is 0 Å². The van der Waals surface area contributed by atoms with E-state index in [1.165, 1.54) is 6.92 Å². The van der Waals surface area contributed by atoms with E-state index in [2.05, 4.69) is 0 Å². The van der Waals surface area contributed by atoms with Crippen molar-refractivity contribution in [1.82, 2.24) is 0 Å². The van der Waals surface area contributed by atoms with Crippen LogP contribution in [0.3, 0.4) is 0 Å². The summed E-state index contributed by atoms with van der Waals surface area (Å²) in [7, 11) is 0. The van der Waals surface area contributed by atoms with Crippen LogP contribution in [0.5, 0.6) is 5.75 Å². The number of ether oxygens (including phenoxy) is 1. The maximum atomic E-state index is 10.6. The number of hydrogen-bond acceptors (Lipinski definition) is 3. The Bertz CT molecular complexity index is 357. The molecule has 4 heteroatoms. The standard InChI is InChI=1S/C11H11ClO3/c1-8(13)15-10-5-2-9(3-6-10)4-7-11(12)14/h2-3,5-6H,4,7H2,1H3. The Morgan fingerprint density at radius 2 is 1.87 bits per heavy atom. The minimum Gasteiger partial charge on any atom is -0.427 e. The summed E-state index contributed by atoms with van der Waals surface area (Å²) in [5.74, 6) is 0.155. The number of benzene rings is 1. The lowest BCUT2D eigenvalue weighted by Crippen LogP contribution is -2.01. The van der Waals surface area contributed by atoms with Crippen LogP contribution in [-0.4, -0.2) is 11.2 Å². The van der Waals surface area contributed by atoms with Gasteiger partial charge in [-0.25, -0.2) is 0 Å². The highest BCUT2D eigenvalue weighted by molar-refractivity contribution is 6.63. The van der Waals surface area contributed by atoms with Crippen molar-refractivity contribution >= 4 is 22.8 Å². The second-order valence-electron chi connectivity index (χ2n) is 3.09. The van der Waals surface area contributed by atoms with E-state index in [0.29, 0.717) is 18.6 Å². The molecule has 0 unspecified atom stereocenters. The molecule has 0 amide bonds. The van der Waals surface area contributed by atoms with Crippen LogP contribution >= 0.6 is 11.6 Å². The Kier molecular flexibility index (Phi) is 4.31. The first-order chi connectivity index (χ1) is 7.08. The quantitative estimate of drug-likeness (QED) is 0.450. The predicted octanol–water partition coefficient (Wildman–Crippen LogP) is 2.31. The minimum atomic E-state index is -0.348. The van der Waals surface area contributed by atoms with E-state index in [1.54, 1.807) is 24.3 Å². The van der Waals surface area contributed by atoms with Gasteiger partial charge in [-0.3, -0.25) is 9.59 Å². The van der Waals surface area contributed by atoms with Gasteiger partial charge >= 0.3 is 5.97 Å². The van der Waals surface area contributed by atoms with E-state index in [1.807, 2.05) is 0 Å². The molecular formula is C11H11ClO3. The van der Waals surface area contributed by atoms with Gasteiger partial charge in [0, 0.05) is 13.3 Å². The maximum absolute atomic E-state index is 10.6. The number of carbonyl (C=O) groups excluding carboxylic acids is 2. The number of hydrogen-bond donors (Lipinski definition) is 0. The fraction of sp³-hybridized carbons (Fsp3) is 0.273. The molecule has 0 radical (unpaired) electrons. The topological polar surface area (TPSA) is 43.4 Å². The molecular weight excluding hydrogens is 216 g/mol. The van der Waals surface area contributed by atoms with Crippen molar-refractivity contribution in [3.63, 3.8) is 0 Å². The lowest BCUT2D eigenvalue weighted by Gasteiger charge is -2.02. The molecule has 0 bridgehead atoms. The summed E-state index contributed by atoms with van der Waals surface area (Å²) < 4.78 is 4.86. The monoisotopic (exact) mass is 226 g/mol. The molecule has 0 aromatic heterocycles. The molecule has 0 atom stereocenters. The number of carbonyl (C=O) groups is 2. The van der Waals surface area contributed by atoms with Crippen LogP contribution in [0, 0.1) is 0 Å². The second kappa shape index (κ2) is 5.51. The second-order valence-corrected chi connectivity index (χ2v) is 3.51. The minimum absolute atomic E-state index is 0.314. The smallest absolute Gasteiger partial charge is 0.308 e. The SMILES string of the molecule is CC(=O)Oc1ccc(CCC(=O)Cl)cc1. The van der Waals surface area contributed by atoms with Gasteiger partial charge in [-0.05, 0) is 35.7 Å². The number of rotatable bonds is 4. The summed E-state index contributed by atoms with van der Waals surface area (Å²) in [6, 6.07) is 6.99. The molecule has 15 heavy (non-hydrogen) atoms. The van der Waals surface area contributed by atoms with E-state index in [0.717, 1.165) is 5.56 Å². The van der Waals surface area contributed by atoms with Crippen LogP contribution in [0.2, 0.25) is 0 Å². The van der Waals surface area contributed by atoms with Gasteiger partial charge in [0.1, 0.15) is 5.75 Å². The van der Waals surface area contributed by atoms with E-state index in [4.69, 9.17) is 16.3 Å². The first-order valence-corrected chi connectivity index (χ1v) is 4.91. The van der Waals surface area contributed by atoms with Crippen LogP contribution in [-0.2, 0) is 16.0 Å². The van der Waals surface area contributed by atoms with Gasteiger partial charge in [0.15, 0.2) is 0 Å². The zero-order chi connectivity index (χ0) is 11.3. The van der Waals surface area contributed by atoms with Gasteiger partial charge < -0.3 is 4.74 Å². The van der Waals surface area contributed by atoms with Crippen LogP contribution in [0.1, 0.15) is 18.9 Å². The Morgan fingerprint density at radius 1 is 1.27 bits per heavy atom. The van der Waals surface area contributed by atoms with Crippen molar-refractivity contribution < 1.29 is 14.3 Å². The van der Waals surface area contributed by atoms with Gasteiger partial charge in [-0.1, -0.05) is 12.1 Å². The normalized spacial score (nSPS) is 9.73. The van der Waals surface area contributed by atoms with Crippen molar-refractivity contribution in [3.8, 4) is 5.75 Å². The molecule has 80 valence electrons. The van der Waals surface area contributed by atoms with Gasteiger partial charge in [0.2, 0.25) is 5.24 Å². The van der Waals surface area contributed by atoms with Crippen LogP contribution < -0.4 is 4.74 Å². The molecule has 0 heterocycles. The average molecular weight is 227 g/mol. The third-order valence-corrected chi connectivity index (χ3v) is 1.98. The summed E-state index contributed by atoms with van der Waals surface area (Å²) in [6.07, 6.45) is 0.914. The van der Waals surface area contributed by atoms with Crippen LogP contribution in [0.15, 0.2) is 24.3 Å². The maximum Gasteiger partial charge on any atom is 0.308 e. The molecule has 0 N–H and O–H groups in total. The zero-order valence-electron chi connectivity index (χ0n) is 8.33. The van der Waals surface area contributed by atoms with Crippen molar-refractivity contribution in [3.05, 3.63) is 29.8 Å². The predicted molar refractivity (Wildman–Crippen MR) is 56.9 cm³/mol. The molecule has 0 saturated carbocycles. The molecule has 0 spiro atoms. The van der Waals surface area contributed by atoms with Crippen LogP contribution in [0.4, 0.5) is 0 Å². The van der Waals surface area contributed by atoms with E-state index < -0.39 is 0 Å². The fourth-order valence-corrected chi connectivity index (χ4v) is 1.23. The Balaban J connectivity index is 2.56. The Labute approximate surface area is 93.0 Å². The molecule has 0 aliphatic carbocycles. The molecule has 0 aliphatic rings. The Hall–Kier alpha value is -1.35. The summed E-state index contributed by atoms with van der Waals surface area (Å²) in [5.41, 5.74) is 0.986. The first-order valence-electron chi connectivity index (χ1n) is 4.53. The number of aryl methyl sites for hydroxylation is 1. The van der Waals surface area contributed by atoms with E-state index >= 15 is 0 Å². The molecule has 0 fully saturated rings. The molecule has 1 aromatic rings. The highest BCUT2D eigenvalue weighted by Gasteiger charge is 2.00. The van der Waals surface area contributed by atoms with E-state index in [-0.39, 0.29) is 11.2 Å². The largest absolute Gasteiger partial charge is 0.427 e. The number of halogens is 1. The highest BCUT2D eigenvalue weighted by atomic mass is 35.5. The summed E-state index contributed by atoms with van der Waals surface area (Å²) in [4.78, 5) is 21.2. The van der Waals surface area contributed by atoms with Gasteiger partial charge in [0.05, 0.1) is 0 Å². The Morgan fingerprint density at radius 3 is 2.33 bits per heavy atom. The van der Waals surface area contributed by atoms with Gasteiger partial charge in [-0.2, -0.15) is 0 Å². The zero-order valence-corrected chi connectivity index (χ0v) is 9.08. The molecule has 1 rings (SSSR count). The van der Waals surface area contributed by atoms with Crippen molar-refractivity contribution in [2.75, 3.05) is 0 Å². The summed E-state index contributed by atoms with van der Waals surface area (Å²) in [6.45, 7) is 1.35. The molecule has 1 aromatic carbocycles. The highest BCUT2D eigenvalue weighted by Crippen LogP contribution is 2.13. The number of esters is 1. The van der Waals surface area contributed by atoms with Crippen molar-refractivity contribution in [2.45, 2.75) is 19.8 Å². The van der Waals surface area contributed by atoms with Crippen molar-refractivity contribution in [1.29, 1.82) is 0 Å². The van der Waals surface area contributed by atoms with Gasteiger partial charge in [0.25, 0.3) is 0 Å². The summed E-state index contributed by atoms with van der Waals surface area (Å²) >= 11 is 5.22. The summed E-state index contributed by atoms with van der Waals surface area (Å²) in [5, 5.41) is -0.348. The van der Waals surface area contributed by atoms with E-state index in [9.17, 15) is 9.59 Å². The fourth-order valence-electron chi connectivity index (χ4n) is 1.13. The first kappa shape index (κ1) is 11.7. The lowest BCUT2D eigenvalue weighted by molar-refractivity contribution is -0.131.